The fourth-order valence-electron chi connectivity index (χ4n) is 2.06. The zero-order valence-corrected chi connectivity index (χ0v) is 10.5. The average molecular weight is 248 g/mol. The summed E-state index contributed by atoms with van der Waals surface area (Å²) in [7, 11) is -3.46. The van der Waals surface area contributed by atoms with Crippen molar-refractivity contribution in [1.82, 2.24) is 4.90 Å². The maximum absolute atomic E-state index is 11.6. The molecule has 1 saturated heterocycles. The highest BCUT2D eigenvalue weighted by atomic mass is 32.2. The number of hydrogen-bond donors (Lipinski definition) is 1. The van der Waals surface area contributed by atoms with E-state index in [1.807, 2.05) is 0 Å². The Morgan fingerprint density at radius 2 is 2.12 bits per heavy atom. The fourth-order valence-corrected chi connectivity index (χ4v) is 2.94. The SMILES string of the molecule is CCCCCN1CC(CS(N)(=O)=O)CC1=O. The van der Waals surface area contributed by atoms with Gasteiger partial charge in [0.15, 0.2) is 0 Å². The van der Waals surface area contributed by atoms with Gasteiger partial charge in [-0.25, -0.2) is 13.6 Å². The van der Waals surface area contributed by atoms with E-state index in [-0.39, 0.29) is 17.6 Å². The molecule has 1 rings (SSSR count). The van der Waals surface area contributed by atoms with E-state index in [0.29, 0.717) is 13.0 Å². The molecule has 6 heteroatoms. The van der Waals surface area contributed by atoms with Gasteiger partial charge in [-0.15, -0.1) is 0 Å². The first-order valence-corrected chi connectivity index (χ1v) is 7.42. The third-order valence-corrected chi connectivity index (χ3v) is 3.73. The Balaban J connectivity index is 2.38. The molecular formula is C10H20N2O3S. The van der Waals surface area contributed by atoms with Crippen LogP contribution in [0.2, 0.25) is 0 Å². The Labute approximate surface area is 97.0 Å². The molecule has 1 amide bonds. The van der Waals surface area contributed by atoms with Gasteiger partial charge >= 0.3 is 0 Å². The Morgan fingerprint density at radius 1 is 1.44 bits per heavy atom. The summed E-state index contributed by atoms with van der Waals surface area (Å²) in [5.41, 5.74) is 0. The Bertz CT molecular complexity index is 340. The van der Waals surface area contributed by atoms with Crippen molar-refractivity contribution in [3.8, 4) is 0 Å². The lowest BCUT2D eigenvalue weighted by atomic mass is 10.1. The van der Waals surface area contributed by atoms with Gasteiger partial charge in [0, 0.05) is 25.4 Å². The summed E-state index contributed by atoms with van der Waals surface area (Å²) >= 11 is 0. The molecule has 0 aliphatic carbocycles. The summed E-state index contributed by atoms with van der Waals surface area (Å²) in [6.07, 6.45) is 3.53. The number of hydrogen-bond acceptors (Lipinski definition) is 3. The first-order chi connectivity index (χ1) is 7.42. The van der Waals surface area contributed by atoms with Crippen LogP contribution in [-0.2, 0) is 14.8 Å². The molecule has 1 unspecified atom stereocenters. The number of unbranched alkanes of at least 4 members (excludes halogenated alkanes) is 2. The number of nitrogens with zero attached hydrogens (tertiary/aromatic N) is 1. The molecule has 2 N–H and O–H groups in total. The Hall–Kier alpha value is -0.620. The molecule has 94 valence electrons. The molecule has 0 saturated carbocycles. The van der Waals surface area contributed by atoms with E-state index < -0.39 is 10.0 Å². The van der Waals surface area contributed by atoms with Gasteiger partial charge < -0.3 is 4.90 Å². The number of sulfonamides is 1. The Morgan fingerprint density at radius 3 is 2.69 bits per heavy atom. The number of amides is 1. The van der Waals surface area contributed by atoms with Gasteiger partial charge in [0.1, 0.15) is 0 Å². The second-order valence-electron chi connectivity index (χ2n) is 4.45. The number of rotatable bonds is 6. The second-order valence-corrected chi connectivity index (χ2v) is 6.11. The zero-order chi connectivity index (χ0) is 12.2. The van der Waals surface area contributed by atoms with Crippen molar-refractivity contribution in [3.05, 3.63) is 0 Å². The first kappa shape index (κ1) is 13.4. The molecule has 0 aromatic rings. The minimum atomic E-state index is -3.46. The average Bonchev–Trinajstić information content (AvgIpc) is 2.44. The summed E-state index contributed by atoms with van der Waals surface area (Å²) < 4.78 is 21.8. The van der Waals surface area contributed by atoms with Crippen molar-refractivity contribution >= 4 is 15.9 Å². The lowest BCUT2D eigenvalue weighted by molar-refractivity contribution is -0.127. The van der Waals surface area contributed by atoms with Gasteiger partial charge in [-0.3, -0.25) is 4.79 Å². The molecule has 5 nitrogen and oxygen atoms in total. The van der Waals surface area contributed by atoms with Crippen molar-refractivity contribution in [1.29, 1.82) is 0 Å². The fraction of sp³-hybridized carbons (Fsp3) is 0.900. The molecular weight excluding hydrogens is 228 g/mol. The zero-order valence-electron chi connectivity index (χ0n) is 9.68. The van der Waals surface area contributed by atoms with Crippen molar-refractivity contribution in [2.24, 2.45) is 11.1 Å². The standard InChI is InChI=1S/C10H20N2O3S/c1-2-3-4-5-12-7-9(6-10(12)13)8-16(11,14)15/h9H,2-8H2,1H3,(H2,11,14,15). The van der Waals surface area contributed by atoms with Crippen LogP contribution in [0.15, 0.2) is 0 Å². The third kappa shape index (κ3) is 4.49. The molecule has 0 spiro atoms. The van der Waals surface area contributed by atoms with E-state index >= 15 is 0 Å². The van der Waals surface area contributed by atoms with Crippen molar-refractivity contribution in [2.45, 2.75) is 32.6 Å². The summed E-state index contributed by atoms with van der Waals surface area (Å²) in [4.78, 5) is 13.3. The Kier molecular flexibility index (Phi) is 4.73. The van der Waals surface area contributed by atoms with E-state index in [9.17, 15) is 13.2 Å². The van der Waals surface area contributed by atoms with Crippen molar-refractivity contribution in [3.63, 3.8) is 0 Å². The topological polar surface area (TPSA) is 80.5 Å². The molecule has 1 aliphatic rings. The lowest BCUT2D eigenvalue weighted by Gasteiger charge is -2.15. The quantitative estimate of drug-likeness (QED) is 0.687. The molecule has 16 heavy (non-hydrogen) atoms. The van der Waals surface area contributed by atoms with Crippen LogP contribution in [0.4, 0.5) is 0 Å². The van der Waals surface area contributed by atoms with Crippen LogP contribution in [-0.4, -0.2) is 38.1 Å². The smallest absolute Gasteiger partial charge is 0.222 e. The monoisotopic (exact) mass is 248 g/mol. The summed E-state index contributed by atoms with van der Waals surface area (Å²) in [5, 5.41) is 4.97. The van der Waals surface area contributed by atoms with Crippen molar-refractivity contribution < 1.29 is 13.2 Å². The molecule has 1 fully saturated rings. The summed E-state index contributed by atoms with van der Waals surface area (Å²) in [5.74, 6) is -0.142. The van der Waals surface area contributed by atoms with E-state index in [1.54, 1.807) is 4.90 Å². The van der Waals surface area contributed by atoms with Crippen LogP contribution in [0.25, 0.3) is 0 Å². The minimum absolute atomic E-state index is 0.0600. The maximum Gasteiger partial charge on any atom is 0.222 e. The number of primary sulfonamides is 1. The van der Waals surface area contributed by atoms with Crippen LogP contribution < -0.4 is 5.14 Å². The molecule has 0 bridgehead atoms. The minimum Gasteiger partial charge on any atom is -0.342 e. The highest BCUT2D eigenvalue weighted by molar-refractivity contribution is 7.89. The normalized spacial score (nSPS) is 21.8. The number of nitrogens with two attached hydrogens (primary N) is 1. The lowest BCUT2D eigenvalue weighted by Crippen LogP contribution is -2.28. The van der Waals surface area contributed by atoms with E-state index in [0.717, 1.165) is 25.8 Å². The number of carbonyl (C=O) groups is 1. The van der Waals surface area contributed by atoms with E-state index in [4.69, 9.17) is 5.14 Å². The van der Waals surface area contributed by atoms with Gasteiger partial charge in [0.2, 0.25) is 15.9 Å². The maximum atomic E-state index is 11.6. The summed E-state index contributed by atoms with van der Waals surface area (Å²) in [6.45, 7) is 3.39. The van der Waals surface area contributed by atoms with Gasteiger partial charge in [0.25, 0.3) is 0 Å². The van der Waals surface area contributed by atoms with Crippen LogP contribution >= 0.6 is 0 Å². The number of carbonyl (C=O) groups excluding carboxylic acids is 1. The first-order valence-electron chi connectivity index (χ1n) is 5.70. The van der Waals surface area contributed by atoms with E-state index in [2.05, 4.69) is 6.92 Å². The van der Waals surface area contributed by atoms with Gasteiger partial charge in [-0.2, -0.15) is 0 Å². The molecule has 1 heterocycles. The summed E-state index contributed by atoms with van der Waals surface area (Å²) in [6, 6.07) is 0. The van der Waals surface area contributed by atoms with Crippen LogP contribution in [0.3, 0.4) is 0 Å². The molecule has 0 aromatic heterocycles. The largest absolute Gasteiger partial charge is 0.342 e. The van der Waals surface area contributed by atoms with Crippen LogP contribution in [0.1, 0.15) is 32.6 Å². The molecule has 1 aliphatic heterocycles. The van der Waals surface area contributed by atoms with E-state index in [1.165, 1.54) is 0 Å². The van der Waals surface area contributed by atoms with Gasteiger partial charge in [0.05, 0.1) is 5.75 Å². The van der Waals surface area contributed by atoms with Gasteiger partial charge in [-0.1, -0.05) is 19.8 Å². The second kappa shape index (κ2) is 5.63. The highest BCUT2D eigenvalue weighted by Crippen LogP contribution is 2.19. The van der Waals surface area contributed by atoms with Crippen LogP contribution in [0.5, 0.6) is 0 Å². The molecule has 1 atom stereocenters. The highest BCUT2D eigenvalue weighted by Gasteiger charge is 2.31. The predicted molar refractivity (Wildman–Crippen MR) is 62.2 cm³/mol. The predicted octanol–water partition coefficient (Wildman–Crippen LogP) is 0.314. The van der Waals surface area contributed by atoms with Crippen LogP contribution in [0, 0.1) is 5.92 Å². The molecule has 0 radical (unpaired) electrons. The van der Waals surface area contributed by atoms with Gasteiger partial charge in [-0.05, 0) is 6.42 Å². The van der Waals surface area contributed by atoms with Crippen molar-refractivity contribution in [2.75, 3.05) is 18.8 Å². The number of likely N-dealkylation sites (tertiary alicyclic amines) is 1. The molecule has 0 aromatic carbocycles. The third-order valence-electron chi connectivity index (χ3n) is 2.79.